The van der Waals surface area contributed by atoms with Gasteiger partial charge in [-0.2, -0.15) is 13.2 Å². The first-order valence-electron chi connectivity index (χ1n) is 16.9. The normalized spacial score (nSPS) is 18.1. The number of morpholine rings is 1. The number of ether oxygens (including phenoxy) is 2. The Labute approximate surface area is 315 Å². The van der Waals surface area contributed by atoms with Crippen molar-refractivity contribution in [3.8, 4) is 28.3 Å². The molecule has 54 heavy (non-hydrogen) atoms. The Hall–Kier alpha value is -4.96. The van der Waals surface area contributed by atoms with Crippen LogP contribution in [0, 0.1) is 0 Å². The van der Waals surface area contributed by atoms with Crippen molar-refractivity contribution in [2.24, 2.45) is 14.1 Å². The van der Waals surface area contributed by atoms with Crippen molar-refractivity contribution < 1.29 is 27.4 Å². The number of hydrogen-bond acceptors (Lipinski definition) is 9. The Morgan fingerprint density at radius 3 is 2.37 bits per heavy atom. The Morgan fingerprint density at radius 2 is 1.69 bits per heavy atom. The predicted molar refractivity (Wildman–Crippen MR) is 197 cm³/mol. The average Bonchev–Trinajstić information content (AvgIpc) is 3.56. The molecule has 3 aliphatic rings. The second-order valence-corrected chi connectivity index (χ2v) is 14.5. The van der Waals surface area contributed by atoms with Crippen LogP contribution < -0.4 is 26.6 Å². The third-order valence-corrected chi connectivity index (χ3v) is 11.2. The molecule has 2 N–H and O–H groups in total. The number of aromatic nitrogens is 4. The van der Waals surface area contributed by atoms with Gasteiger partial charge >= 0.3 is 11.9 Å². The molecule has 280 valence electrons. The summed E-state index contributed by atoms with van der Waals surface area (Å²) in [5.41, 5.74) is 0.857. The minimum atomic E-state index is -4.88. The molecule has 0 bridgehead atoms. The number of likely N-dealkylation sites (tertiary alicyclic amines) is 1. The third-order valence-electron chi connectivity index (χ3n) is 10.4. The zero-order valence-electron chi connectivity index (χ0n) is 29.1. The lowest BCUT2D eigenvalue weighted by Gasteiger charge is -2.53. The summed E-state index contributed by atoms with van der Waals surface area (Å²) in [6.45, 7) is 1.90. The number of benzene rings is 2. The minimum Gasteiger partial charge on any atom is -0.481 e. The second-order valence-electron chi connectivity index (χ2n) is 13.7. The summed E-state index contributed by atoms with van der Waals surface area (Å²) in [5, 5.41) is 5.93. The summed E-state index contributed by atoms with van der Waals surface area (Å²) in [4.78, 5) is 48.4. The topological polar surface area (TPSA) is 133 Å². The first kappa shape index (κ1) is 36.0. The van der Waals surface area contributed by atoms with E-state index in [0.29, 0.717) is 59.0 Å². The maximum atomic E-state index is 14.0. The molecule has 5 aromatic rings. The van der Waals surface area contributed by atoms with E-state index in [0.717, 1.165) is 33.1 Å². The molecule has 1 atom stereocenters. The molecule has 0 saturated carbocycles. The van der Waals surface area contributed by atoms with Crippen molar-refractivity contribution in [2.45, 2.75) is 30.7 Å². The van der Waals surface area contributed by atoms with Crippen molar-refractivity contribution in [3.63, 3.8) is 0 Å². The Kier molecular flexibility index (Phi) is 8.75. The number of amides is 1. The molecule has 0 radical (unpaired) electrons. The van der Waals surface area contributed by atoms with Gasteiger partial charge in [-0.25, -0.2) is 14.8 Å². The van der Waals surface area contributed by atoms with Gasteiger partial charge in [-0.1, -0.05) is 53.5 Å². The molecule has 1 unspecified atom stereocenters. The molecule has 17 heteroatoms. The molecule has 3 aromatic heterocycles. The van der Waals surface area contributed by atoms with Crippen LogP contribution >= 0.6 is 23.2 Å². The average molecular weight is 783 g/mol. The number of rotatable bonds is 6. The molecule has 1 aliphatic carbocycles. The molecule has 2 aliphatic heterocycles. The minimum absolute atomic E-state index is 0.0593. The van der Waals surface area contributed by atoms with Crippen molar-refractivity contribution in [1.82, 2.24) is 29.3 Å². The molecule has 2 aromatic carbocycles. The third kappa shape index (κ3) is 5.90. The van der Waals surface area contributed by atoms with Crippen LogP contribution in [0.3, 0.4) is 0 Å². The van der Waals surface area contributed by atoms with Crippen LogP contribution in [0.5, 0.6) is 5.88 Å². The first-order valence-corrected chi connectivity index (χ1v) is 17.7. The Morgan fingerprint density at radius 1 is 0.981 bits per heavy atom. The van der Waals surface area contributed by atoms with E-state index >= 15 is 0 Å². The van der Waals surface area contributed by atoms with Crippen LogP contribution in [-0.4, -0.2) is 68.9 Å². The lowest BCUT2D eigenvalue weighted by molar-refractivity contribution is -0.179. The van der Waals surface area contributed by atoms with Gasteiger partial charge in [-0.05, 0) is 36.6 Å². The number of nitrogens with zero attached hydrogens (tertiary/aromatic N) is 5. The van der Waals surface area contributed by atoms with Gasteiger partial charge in [0.2, 0.25) is 11.8 Å². The van der Waals surface area contributed by atoms with Crippen LogP contribution in [0.15, 0.2) is 58.1 Å². The van der Waals surface area contributed by atoms with E-state index in [1.165, 1.54) is 20.2 Å². The van der Waals surface area contributed by atoms with Gasteiger partial charge in [-0.15, -0.1) is 0 Å². The van der Waals surface area contributed by atoms with Gasteiger partial charge in [0.05, 0.1) is 34.1 Å². The molecule has 2 saturated heterocycles. The largest absolute Gasteiger partial charge is 0.481 e. The molecule has 1 spiro atoms. The number of carbonyl (C=O) groups excluding carboxylic acids is 1. The molecule has 12 nitrogen and oxygen atoms in total. The number of fused-ring (bicyclic) bond motifs is 2. The summed E-state index contributed by atoms with van der Waals surface area (Å²) >= 11 is 14.0. The van der Waals surface area contributed by atoms with Crippen LogP contribution in [0.4, 0.5) is 24.7 Å². The van der Waals surface area contributed by atoms with Gasteiger partial charge in [0, 0.05) is 62.0 Å². The fourth-order valence-electron chi connectivity index (χ4n) is 7.67. The molecule has 2 fully saturated rings. The van der Waals surface area contributed by atoms with E-state index in [1.807, 2.05) is 12.1 Å². The second kappa shape index (κ2) is 13.1. The number of anilines is 2. The van der Waals surface area contributed by atoms with Crippen LogP contribution in [0.2, 0.25) is 10.0 Å². The first-order chi connectivity index (χ1) is 25.7. The lowest BCUT2D eigenvalue weighted by atomic mass is 9.89. The summed E-state index contributed by atoms with van der Waals surface area (Å²) in [7, 11) is 4.08. The highest BCUT2D eigenvalue weighted by molar-refractivity contribution is 6.39. The number of halogens is 5. The van der Waals surface area contributed by atoms with Gasteiger partial charge in [0.15, 0.2) is 0 Å². The smallest absolute Gasteiger partial charge is 0.433 e. The number of pyridine rings is 2. The Bertz CT molecular complexity index is 2500. The van der Waals surface area contributed by atoms with Crippen molar-refractivity contribution in [3.05, 3.63) is 96.2 Å². The zero-order chi connectivity index (χ0) is 38.3. The van der Waals surface area contributed by atoms with Gasteiger partial charge in [0.25, 0.3) is 5.56 Å². The highest BCUT2D eigenvalue weighted by Crippen LogP contribution is 2.48. The summed E-state index contributed by atoms with van der Waals surface area (Å²) in [6, 6.07) is 13.0. The maximum absolute atomic E-state index is 14.0. The number of nitrogens with one attached hydrogen (secondary N) is 2. The van der Waals surface area contributed by atoms with E-state index in [9.17, 15) is 27.6 Å². The number of aryl methyl sites for hydroxylation is 2. The van der Waals surface area contributed by atoms with Crippen LogP contribution in [0.1, 0.15) is 29.3 Å². The molecule has 8 rings (SSSR count). The molecule has 5 heterocycles. The maximum Gasteiger partial charge on any atom is 0.433 e. The van der Waals surface area contributed by atoms with E-state index in [-0.39, 0.29) is 45.8 Å². The quantitative estimate of drug-likeness (QED) is 0.225. The predicted octanol–water partition coefficient (Wildman–Crippen LogP) is 5.63. The van der Waals surface area contributed by atoms with E-state index in [2.05, 4.69) is 20.5 Å². The highest BCUT2D eigenvalue weighted by Gasteiger charge is 2.50. The highest BCUT2D eigenvalue weighted by atomic mass is 35.5. The number of carbonyl (C=O) groups is 1. The van der Waals surface area contributed by atoms with Crippen molar-refractivity contribution in [1.29, 1.82) is 0 Å². The SMILES string of the molecule is COc1nc(-c2cccc(-c3cccc(Nc4nc(C(F)(F)F)cc5c4c(=O)n(C)c(=O)n5C)c3Cl)c2Cl)cc2c1C(N1CC3(CNC(=O)CO3)C1)CC2. The summed E-state index contributed by atoms with van der Waals surface area (Å²) in [6.07, 6.45) is -3.22. The zero-order valence-corrected chi connectivity index (χ0v) is 30.6. The molecular formula is C37H32Cl2F3N7O5. The standard InChI is InChI=1S/C37H32Cl2F3N7O5/c1-47-25-13-26(37(40,41)42)46-32(29(25)34(51)48(2)35(47)52)44-22-9-5-7-20(31(22)39)19-6-4-8-21(30(19)38)23-12-18-10-11-24(28(18)33(45-23)53-3)49-16-36(17-49)15-43-27(50)14-54-36/h4-9,12-13,24H,10-11,14-17H2,1-3H3,(H,43,50)(H,44,46). The summed E-state index contributed by atoms with van der Waals surface area (Å²) in [5.74, 6) is -0.0458. The number of methoxy groups -OCH3 is 1. The summed E-state index contributed by atoms with van der Waals surface area (Å²) < 4.78 is 55.4. The molecular weight excluding hydrogens is 750 g/mol. The fraction of sp³-hybridized carbons (Fsp3) is 0.324. The van der Waals surface area contributed by atoms with E-state index < -0.39 is 28.9 Å². The van der Waals surface area contributed by atoms with Crippen molar-refractivity contribution >= 4 is 51.5 Å². The Balaban J connectivity index is 1.14. The van der Waals surface area contributed by atoms with E-state index in [1.54, 1.807) is 31.4 Å². The van der Waals surface area contributed by atoms with Gasteiger partial charge < -0.3 is 20.1 Å². The number of hydrogen-bond donors (Lipinski definition) is 2. The van der Waals surface area contributed by atoms with Gasteiger partial charge in [0.1, 0.15) is 29.1 Å². The molecule has 1 amide bonds. The fourth-order valence-corrected chi connectivity index (χ4v) is 8.27. The lowest BCUT2D eigenvalue weighted by Crippen LogP contribution is -2.70. The van der Waals surface area contributed by atoms with Crippen LogP contribution in [0.25, 0.3) is 33.3 Å². The van der Waals surface area contributed by atoms with Crippen molar-refractivity contribution in [2.75, 3.05) is 38.7 Å². The van der Waals surface area contributed by atoms with E-state index in [4.69, 9.17) is 37.7 Å². The van der Waals surface area contributed by atoms with Gasteiger partial charge in [-0.3, -0.25) is 23.6 Å². The number of alkyl halides is 3. The van der Waals surface area contributed by atoms with Crippen LogP contribution in [-0.2, 0) is 36.2 Å². The monoisotopic (exact) mass is 781 g/mol.